The van der Waals surface area contributed by atoms with Crippen molar-refractivity contribution in [3.63, 3.8) is 0 Å². The molecule has 1 fully saturated rings. The molecule has 38 heavy (non-hydrogen) atoms. The van der Waals surface area contributed by atoms with Crippen LogP contribution in [-0.2, 0) is 18.0 Å². The Morgan fingerprint density at radius 1 is 1.11 bits per heavy atom. The minimum atomic E-state index is -1.29. The highest BCUT2D eigenvalue weighted by molar-refractivity contribution is 6.76. The molecule has 1 aliphatic heterocycles. The van der Waals surface area contributed by atoms with Gasteiger partial charge in [-0.05, 0) is 42.6 Å². The fraction of sp³-hybridized carbons (Fsp3) is 0.429. The molecular weight excluding hydrogens is 496 g/mol. The largest absolute Gasteiger partial charge is 0.361 e. The average Bonchev–Trinajstić information content (AvgIpc) is 3.38. The topological polar surface area (TPSA) is 109 Å². The summed E-state index contributed by atoms with van der Waals surface area (Å²) in [6, 6.07) is 12.6. The number of aromatic nitrogens is 4. The Morgan fingerprint density at radius 2 is 1.84 bits per heavy atom. The van der Waals surface area contributed by atoms with Gasteiger partial charge in [-0.15, -0.1) is 0 Å². The maximum Gasteiger partial charge on any atom is 0.333 e. The lowest BCUT2D eigenvalue weighted by molar-refractivity contribution is 0.0797. The van der Waals surface area contributed by atoms with Crippen LogP contribution in [0.2, 0.25) is 25.7 Å². The molecular formula is C28H34N6O3Si. The number of rotatable bonds is 8. The Kier molecular flexibility index (Phi) is 7.34. The molecule has 1 aliphatic rings. The van der Waals surface area contributed by atoms with Crippen LogP contribution in [0.15, 0.2) is 52.3 Å². The van der Waals surface area contributed by atoms with E-state index in [2.05, 4.69) is 40.6 Å². The van der Waals surface area contributed by atoms with Crippen molar-refractivity contribution in [1.29, 1.82) is 5.26 Å². The van der Waals surface area contributed by atoms with E-state index >= 15 is 0 Å². The van der Waals surface area contributed by atoms with Crippen LogP contribution in [0, 0.1) is 11.3 Å². The molecule has 10 heteroatoms. The van der Waals surface area contributed by atoms with E-state index in [9.17, 15) is 9.59 Å². The standard InChI is InChI=1S/C28H34N6O3Si/c1-38(2,3)15-14-37-19-33-27(35)24-17-31-26-23(8-11-30-26)25(24)34(28(33)36)22-9-12-32(13-10-22)18-21-6-4-20(16-29)5-7-21/h4-8,11,17,22H,9-10,12-15,18-19H2,1-3H3,(H,30,31). The number of benzene rings is 1. The first-order chi connectivity index (χ1) is 18.2. The van der Waals surface area contributed by atoms with Crippen molar-refractivity contribution in [2.75, 3.05) is 19.7 Å². The third-order valence-electron chi connectivity index (χ3n) is 7.34. The van der Waals surface area contributed by atoms with Gasteiger partial charge in [0.25, 0.3) is 5.56 Å². The van der Waals surface area contributed by atoms with E-state index in [-0.39, 0.29) is 24.0 Å². The lowest BCUT2D eigenvalue weighted by atomic mass is 10.0. The van der Waals surface area contributed by atoms with Gasteiger partial charge < -0.3 is 9.72 Å². The third-order valence-corrected chi connectivity index (χ3v) is 9.04. The number of nitriles is 1. The average molecular weight is 531 g/mol. The molecule has 0 atom stereocenters. The zero-order valence-electron chi connectivity index (χ0n) is 22.2. The van der Waals surface area contributed by atoms with Gasteiger partial charge >= 0.3 is 5.69 Å². The van der Waals surface area contributed by atoms with Crippen molar-refractivity contribution >= 4 is 30.0 Å². The maximum atomic E-state index is 13.9. The van der Waals surface area contributed by atoms with E-state index in [0.29, 0.717) is 28.7 Å². The number of likely N-dealkylation sites (tertiary alicyclic amines) is 1. The molecule has 0 radical (unpaired) electrons. The van der Waals surface area contributed by atoms with E-state index < -0.39 is 8.07 Å². The summed E-state index contributed by atoms with van der Waals surface area (Å²) in [5.41, 5.74) is 2.44. The predicted octanol–water partition coefficient (Wildman–Crippen LogP) is 4.06. The molecule has 0 bridgehead atoms. The first-order valence-electron chi connectivity index (χ1n) is 13.2. The first-order valence-corrected chi connectivity index (χ1v) is 16.9. The van der Waals surface area contributed by atoms with Crippen LogP contribution in [0.5, 0.6) is 0 Å². The molecule has 4 aromatic rings. The van der Waals surface area contributed by atoms with Crippen molar-refractivity contribution in [2.24, 2.45) is 0 Å². The van der Waals surface area contributed by atoms with Crippen LogP contribution < -0.4 is 11.2 Å². The van der Waals surface area contributed by atoms with Crippen molar-refractivity contribution < 1.29 is 4.74 Å². The van der Waals surface area contributed by atoms with Gasteiger partial charge in [0, 0.05) is 58.1 Å². The molecule has 0 spiro atoms. The van der Waals surface area contributed by atoms with Crippen LogP contribution in [0.25, 0.3) is 21.9 Å². The monoisotopic (exact) mass is 530 g/mol. The van der Waals surface area contributed by atoms with Crippen LogP contribution >= 0.6 is 0 Å². The molecule has 0 aliphatic carbocycles. The summed E-state index contributed by atoms with van der Waals surface area (Å²) in [7, 11) is -1.29. The van der Waals surface area contributed by atoms with Gasteiger partial charge in [0.2, 0.25) is 0 Å². The predicted molar refractivity (Wildman–Crippen MR) is 151 cm³/mol. The van der Waals surface area contributed by atoms with Crippen molar-refractivity contribution in [3.8, 4) is 6.07 Å². The summed E-state index contributed by atoms with van der Waals surface area (Å²) >= 11 is 0. The summed E-state index contributed by atoms with van der Waals surface area (Å²) in [6.45, 7) is 9.73. The van der Waals surface area contributed by atoms with Gasteiger partial charge in [0.1, 0.15) is 12.4 Å². The smallest absolute Gasteiger partial charge is 0.333 e. The minimum Gasteiger partial charge on any atom is -0.361 e. The number of piperidine rings is 1. The number of aromatic amines is 1. The number of hydrogen-bond acceptors (Lipinski definition) is 6. The quantitative estimate of drug-likeness (QED) is 0.272. The van der Waals surface area contributed by atoms with E-state index in [1.165, 1.54) is 4.57 Å². The van der Waals surface area contributed by atoms with Crippen LogP contribution in [0.1, 0.15) is 30.0 Å². The molecule has 9 nitrogen and oxygen atoms in total. The SMILES string of the molecule is C[Si](C)(C)CCOCn1c(=O)c2cnc3[nH]ccc3c2n(C2CCN(Cc3ccc(C#N)cc3)CC2)c1=O. The lowest BCUT2D eigenvalue weighted by Crippen LogP contribution is -2.44. The van der Waals surface area contributed by atoms with Gasteiger partial charge in [-0.1, -0.05) is 31.8 Å². The van der Waals surface area contributed by atoms with Gasteiger partial charge in [-0.25, -0.2) is 14.3 Å². The molecule has 3 aromatic heterocycles. The second kappa shape index (κ2) is 10.7. The fourth-order valence-electron chi connectivity index (χ4n) is 5.13. The second-order valence-corrected chi connectivity index (χ2v) is 16.9. The molecule has 0 unspecified atom stereocenters. The molecule has 0 saturated carbocycles. The number of H-pyrrole nitrogens is 1. The number of hydrogen-bond donors (Lipinski definition) is 1. The van der Waals surface area contributed by atoms with Gasteiger partial charge in [-0.3, -0.25) is 14.3 Å². The Labute approximate surface area is 222 Å². The number of nitrogens with one attached hydrogen (secondary N) is 1. The van der Waals surface area contributed by atoms with Gasteiger partial charge in [-0.2, -0.15) is 5.26 Å². The zero-order chi connectivity index (χ0) is 26.9. The summed E-state index contributed by atoms with van der Waals surface area (Å²) in [5, 5.41) is 10.3. The maximum absolute atomic E-state index is 13.9. The third kappa shape index (κ3) is 5.36. The summed E-state index contributed by atoms with van der Waals surface area (Å²) in [5.74, 6) is 0. The minimum absolute atomic E-state index is 0.0449. The zero-order valence-corrected chi connectivity index (χ0v) is 23.2. The van der Waals surface area contributed by atoms with Crippen LogP contribution in [0.3, 0.4) is 0 Å². The summed E-state index contributed by atoms with van der Waals surface area (Å²) < 4.78 is 8.90. The lowest BCUT2D eigenvalue weighted by Gasteiger charge is -2.33. The molecule has 4 heterocycles. The van der Waals surface area contributed by atoms with Crippen LogP contribution in [-0.4, -0.2) is 51.8 Å². The van der Waals surface area contributed by atoms with E-state index in [4.69, 9.17) is 10.00 Å². The molecule has 1 aromatic carbocycles. The highest BCUT2D eigenvalue weighted by Gasteiger charge is 2.26. The number of fused-ring (bicyclic) bond motifs is 3. The number of ether oxygens (including phenoxy) is 1. The second-order valence-electron chi connectivity index (χ2n) is 11.3. The molecule has 1 N–H and O–H groups in total. The van der Waals surface area contributed by atoms with E-state index in [1.54, 1.807) is 12.4 Å². The fourth-order valence-corrected chi connectivity index (χ4v) is 5.89. The first kappa shape index (κ1) is 26.1. The number of pyridine rings is 1. The molecule has 0 amide bonds. The van der Waals surface area contributed by atoms with Gasteiger partial charge in [0.05, 0.1) is 22.5 Å². The molecule has 1 saturated heterocycles. The molecule has 5 rings (SSSR count). The Balaban J connectivity index is 1.44. The van der Waals surface area contributed by atoms with Crippen molar-refractivity contribution in [2.45, 2.75) is 57.8 Å². The normalized spacial score (nSPS) is 15.3. The number of nitrogens with zero attached hydrogens (tertiary/aromatic N) is 5. The highest BCUT2D eigenvalue weighted by Crippen LogP contribution is 2.28. The van der Waals surface area contributed by atoms with E-state index in [0.717, 1.165) is 49.5 Å². The Bertz CT molecular complexity index is 1600. The van der Waals surface area contributed by atoms with E-state index in [1.807, 2.05) is 34.9 Å². The van der Waals surface area contributed by atoms with Crippen molar-refractivity contribution in [3.05, 3.63) is 74.7 Å². The Hall–Kier alpha value is -3.52. The van der Waals surface area contributed by atoms with Gasteiger partial charge in [0.15, 0.2) is 0 Å². The highest BCUT2D eigenvalue weighted by atomic mass is 28.3. The Morgan fingerprint density at radius 3 is 2.53 bits per heavy atom. The van der Waals surface area contributed by atoms with Crippen molar-refractivity contribution in [1.82, 2.24) is 24.0 Å². The van der Waals surface area contributed by atoms with Crippen LogP contribution in [0.4, 0.5) is 0 Å². The summed E-state index contributed by atoms with van der Waals surface area (Å²) in [4.78, 5) is 37.2. The summed E-state index contributed by atoms with van der Waals surface area (Å²) in [6.07, 6.45) is 4.94. The molecule has 198 valence electrons.